The Hall–Kier alpha value is -3.14. The Morgan fingerprint density at radius 1 is 0.375 bits per heavy atom. The van der Waals surface area contributed by atoms with Gasteiger partial charge in [-0.2, -0.15) is 0 Å². The molecule has 6 N–H and O–H groups in total. The Balaban J connectivity index is -0.0000000314. The number of hydrogen-bond donors (Lipinski definition) is 0. The summed E-state index contributed by atoms with van der Waals surface area (Å²) in [6.07, 6.45) is 17.3. The zero-order valence-corrected chi connectivity index (χ0v) is 36.1. The molecule has 0 saturated carbocycles. The number of carbonyl (C=O) groups is 4. The summed E-state index contributed by atoms with van der Waals surface area (Å²) in [5, 5.41) is 39.9. The van der Waals surface area contributed by atoms with E-state index in [1.807, 2.05) is 0 Å². The molecule has 0 fully saturated rings. The van der Waals surface area contributed by atoms with Gasteiger partial charge in [-0.05, 0) is 52.0 Å². The number of nitrogens with zero attached hydrogens (tertiary/aromatic N) is 4. The smallest absolute Gasteiger partial charge is 0.151 e. The van der Waals surface area contributed by atoms with Crippen LogP contribution in [0.2, 0.25) is 0 Å². The predicted octanol–water partition coefficient (Wildman–Crippen LogP) is -2.01. The molecule has 2 aromatic rings. The summed E-state index contributed by atoms with van der Waals surface area (Å²) in [6, 6.07) is 0. The van der Waals surface area contributed by atoms with Crippen molar-refractivity contribution in [1.82, 2.24) is 19.9 Å². The molecule has 0 aliphatic carbocycles. The normalized spacial score (nSPS) is 8.67. The maximum Gasteiger partial charge on any atom is 0.151 e. The fourth-order valence-corrected chi connectivity index (χ4v) is 1.65. The van der Waals surface area contributed by atoms with Crippen LogP contribution in [0.25, 0.3) is 0 Å². The van der Waals surface area contributed by atoms with Crippen molar-refractivity contribution < 1.29 is 135 Å². The second-order valence-electron chi connectivity index (χ2n) is 7.25. The molecule has 0 radical (unpaired) electrons. The molecule has 0 amide bonds. The van der Waals surface area contributed by atoms with Crippen molar-refractivity contribution in [3.8, 4) is 0 Å². The first-order valence-corrected chi connectivity index (χ1v) is 11.3. The molecular formula is C28H42N4O14U2-10. The van der Waals surface area contributed by atoms with Gasteiger partial charge in [0.25, 0.3) is 0 Å². The second kappa shape index (κ2) is 59.3. The van der Waals surface area contributed by atoms with Crippen LogP contribution in [0, 0.1) is 62.2 Å². The standard InChI is InChI=1S/4C5H8O2.2C4H4N2.2H2O.4O.2U/c4*1-4(6)3-5(2)7;2*1-2-6-4-3-5-1;;;;;;;;/h4*3,6H,1-2H3;2*1-4H;2*1H2;;;;;;/q;;;;;;;;4*-2;;/p-2/b4*4-3-;;;;;;;;;;. The molecule has 2 heterocycles. The van der Waals surface area contributed by atoms with Gasteiger partial charge in [-0.3, -0.25) is 39.1 Å². The molecule has 2 rings (SSSR count). The van der Waals surface area contributed by atoms with E-state index in [9.17, 15) is 39.6 Å². The van der Waals surface area contributed by atoms with Crippen molar-refractivity contribution in [2.75, 3.05) is 0 Å². The van der Waals surface area contributed by atoms with E-state index in [-0.39, 0.29) is 141 Å². The van der Waals surface area contributed by atoms with Gasteiger partial charge in [0.15, 0.2) is 23.1 Å². The first-order chi connectivity index (χ1) is 18.5. The van der Waals surface area contributed by atoms with Gasteiger partial charge in [0, 0.05) is 112 Å². The van der Waals surface area contributed by atoms with Gasteiger partial charge in [0.05, 0.1) is 0 Å². The molecule has 276 valence electrons. The number of ketones is 4. The van der Waals surface area contributed by atoms with Gasteiger partial charge in [-0.1, -0.05) is 27.7 Å². The summed E-state index contributed by atoms with van der Waals surface area (Å²) in [5.74, 6) is -1.50. The maximum atomic E-state index is 9.98. The van der Waals surface area contributed by atoms with Crippen molar-refractivity contribution in [3.05, 3.63) is 96.9 Å². The van der Waals surface area contributed by atoms with E-state index in [4.69, 9.17) is 0 Å². The molecule has 0 atom stereocenters. The Labute approximate surface area is 327 Å². The van der Waals surface area contributed by atoms with E-state index in [0.29, 0.717) is 0 Å². The van der Waals surface area contributed by atoms with Crippen molar-refractivity contribution in [1.29, 1.82) is 0 Å². The van der Waals surface area contributed by atoms with E-state index >= 15 is 0 Å². The minimum Gasteiger partial charge on any atom is -2.00 e. The summed E-state index contributed by atoms with van der Waals surface area (Å²) in [5.41, 5.74) is 0. The maximum absolute atomic E-state index is 9.98. The van der Waals surface area contributed by atoms with Crippen LogP contribution >= 0.6 is 0 Å². The van der Waals surface area contributed by atoms with Gasteiger partial charge >= 0.3 is 0 Å². The largest absolute Gasteiger partial charge is 2.00 e. The minimum atomic E-state index is -0.187. The zero-order valence-electron chi connectivity index (χ0n) is 27.8. The molecule has 0 bridgehead atoms. The molecule has 0 spiro atoms. The fourth-order valence-electron chi connectivity index (χ4n) is 1.65. The Bertz CT molecular complexity index is 893. The monoisotopic (exact) mass is 1130 g/mol. The van der Waals surface area contributed by atoms with E-state index < -0.39 is 0 Å². The average Bonchev–Trinajstić information content (AvgIpc) is 2.80. The van der Waals surface area contributed by atoms with Gasteiger partial charge in [0.1, 0.15) is 0 Å². The van der Waals surface area contributed by atoms with Crippen LogP contribution < -0.4 is 20.4 Å². The molecule has 20 heteroatoms. The van der Waals surface area contributed by atoms with Crippen LogP contribution in [-0.4, -0.2) is 43.1 Å². The third-order valence-electron chi connectivity index (χ3n) is 2.58. The van der Waals surface area contributed by atoms with E-state index in [0.717, 1.165) is 24.3 Å². The van der Waals surface area contributed by atoms with Crippen LogP contribution in [0.4, 0.5) is 0 Å². The molecule has 0 unspecified atom stereocenters. The van der Waals surface area contributed by atoms with Gasteiger partial charge in [-0.25, -0.2) is 0 Å². The number of aromatic nitrogens is 4. The van der Waals surface area contributed by atoms with Crippen LogP contribution in [0.15, 0.2) is 96.9 Å². The van der Waals surface area contributed by atoms with Crippen molar-refractivity contribution in [2.45, 2.75) is 55.4 Å². The Morgan fingerprint density at radius 3 is 0.500 bits per heavy atom. The summed E-state index contributed by atoms with van der Waals surface area (Å²) in [6.45, 7) is 10.8. The second-order valence-corrected chi connectivity index (χ2v) is 7.25. The van der Waals surface area contributed by atoms with Crippen LogP contribution in [0.5, 0.6) is 0 Å². The number of allylic oxidation sites excluding steroid dienone is 8. The molecule has 0 aliphatic heterocycles. The third-order valence-corrected chi connectivity index (χ3v) is 2.58. The molecule has 0 saturated heterocycles. The third kappa shape index (κ3) is 122. The van der Waals surface area contributed by atoms with Crippen molar-refractivity contribution in [3.63, 3.8) is 0 Å². The predicted molar refractivity (Wildman–Crippen MR) is 154 cm³/mol. The van der Waals surface area contributed by atoms with E-state index in [1.165, 1.54) is 55.4 Å². The molecular weight excluding hydrogens is 1090 g/mol. The quantitative estimate of drug-likeness (QED) is 0.182. The molecule has 48 heavy (non-hydrogen) atoms. The first-order valence-electron chi connectivity index (χ1n) is 11.3. The number of carbonyl (C=O) groups excluding carboxylic acids is 4. The zero-order chi connectivity index (χ0) is 31.9. The first kappa shape index (κ1) is 79.9. The van der Waals surface area contributed by atoms with Crippen LogP contribution in [0.3, 0.4) is 0 Å². The van der Waals surface area contributed by atoms with Gasteiger partial charge in [0.2, 0.25) is 0 Å². The summed E-state index contributed by atoms with van der Waals surface area (Å²) in [4.78, 5) is 54.8. The molecule has 2 aromatic heterocycles. The molecule has 0 aromatic carbocycles. The van der Waals surface area contributed by atoms with Crippen LogP contribution in [-0.2, 0) is 52.0 Å². The van der Waals surface area contributed by atoms with E-state index in [1.54, 1.807) is 49.6 Å². The van der Waals surface area contributed by atoms with E-state index in [2.05, 4.69) is 19.9 Å². The topological polar surface area (TPSA) is 392 Å². The number of rotatable bonds is 4. The minimum absolute atomic E-state index is 0. The summed E-state index contributed by atoms with van der Waals surface area (Å²) in [7, 11) is 0. The Morgan fingerprint density at radius 2 is 0.479 bits per heavy atom. The molecule has 0 aliphatic rings. The molecule has 18 nitrogen and oxygen atoms in total. The van der Waals surface area contributed by atoms with Crippen molar-refractivity contribution in [2.24, 2.45) is 0 Å². The van der Waals surface area contributed by atoms with Crippen LogP contribution in [0.1, 0.15) is 55.4 Å². The average molecular weight is 1130 g/mol. The summed E-state index contributed by atoms with van der Waals surface area (Å²) >= 11 is 0. The fraction of sp³-hybridized carbons (Fsp3) is 0.286. The SMILES string of the molecule is CC(=O)/C=C(/C)[O-].CC(=O)/C=C(/C)[O-].CC(=O)/C=C(/C)[O-].CC(=O)/C=C(/C)[O-].[O-2].[O-2].[O-2].[O-2].[OH3+].[OH3+].[U].[U].c1cnccn1.c1cnccn1. The van der Waals surface area contributed by atoms with Gasteiger partial charge < -0.3 is 53.3 Å². The Kier molecular flexibility index (Phi) is 98.7. The number of hydrogen-bond acceptors (Lipinski definition) is 12. The van der Waals surface area contributed by atoms with Crippen molar-refractivity contribution >= 4 is 23.1 Å². The van der Waals surface area contributed by atoms with Gasteiger partial charge in [-0.15, -0.1) is 23.0 Å². The summed E-state index contributed by atoms with van der Waals surface area (Å²) < 4.78 is 0.